The van der Waals surface area contributed by atoms with Gasteiger partial charge in [0.25, 0.3) is 11.8 Å². The maximum Gasteiger partial charge on any atom is 0.275 e. The molecule has 0 radical (unpaired) electrons. The number of amides is 2. The van der Waals surface area contributed by atoms with Crippen molar-refractivity contribution in [3.05, 3.63) is 63.6 Å². The SMILES string of the molecule is CC.O=C(NCc1ccccc1)c1cn2c(c(OP)c1=O)C(=O)N1C[C@@H]3CCCCN3[C@@H]1C2. The number of carbonyl (C=O) groups excluding carboxylic acids is 2. The number of nitrogens with one attached hydrogen (secondary N) is 1. The minimum Gasteiger partial charge on any atom is -0.474 e. The third-order valence-electron chi connectivity index (χ3n) is 6.54. The molecule has 0 spiro atoms. The fraction of sp³-hybridized carbons (Fsp3) is 0.458. The van der Waals surface area contributed by atoms with Gasteiger partial charge in [0.05, 0.1) is 16.0 Å². The molecule has 2 aromatic rings. The molecule has 9 heteroatoms. The second-order valence-corrected chi connectivity index (χ2v) is 8.55. The zero-order valence-electron chi connectivity index (χ0n) is 19.1. The van der Waals surface area contributed by atoms with Gasteiger partial charge in [-0.1, -0.05) is 50.6 Å². The normalized spacial score (nSPS) is 21.3. The molecule has 1 aromatic heterocycles. The first-order valence-electron chi connectivity index (χ1n) is 11.6. The lowest BCUT2D eigenvalue weighted by atomic mass is 10.0. The van der Waals surface area contributed by atoms with Crippen LogP contribution in [0.4, 0.5) is 0 Å². The van der Waals surface area contributed by atoms with E-state index in [1.54, 1.807) is 4.57 Å². The summed E-state index contributed by atoms with van der Waals surface area (Å²) in [5.41, 5.74) is 0.558. The van der Waals surface area contributed by atoms with Gasteiger partial charge in [0.15, 0.2) is 11.4 Å². The molecule has 3 atom stereocenters. The molecular weight excluding hydrogens is 439 g/mol. The van der Waals surface area contributed by atoms with Crippen molar-refractivity contribution in [1.82, 2.24) is 19.7 Å². The highest BCUT2D eigenvalue weighted by Gasteiger charge is 2.47. The molecule has 3 aliphatic rings. The third-order valence-corrected chi connectivity index (χ3v) is 6.78. The first-order chi connectivity index (χ1) is 16.1. The lowest BCUT2D eigenvalue weighted by Gasteiger charge is -2.38. The highest BCUT2D eigenvalue weighted by Crippen LogP contribution is 2.35. The molecule has 33 heavy (non-hydrogen) atoms. The van der Waals surface area contributed by atoms with E-state index in [9.17, 15) is 14.4 Å². The van der Waals surface area contributed by atoms with Gasteiger partial charge in [0.2, 0.25) is 5.43 Å². The standard InChI is InChI=1S/C22H25N4O4P.C2H6/c27-19-16(21(28)23-10-14-6-2-1-3-7-14)12-24-13-17-25-9-5-4-8-15(25)11-26(17)22(29)18(24)20(19)30-31;1-2/h1-3,6-7,12,15,17H,4-5,8-11,13,31H2,(H,23,28);1-2H3/t15-,17-;/m0./s1. The molecule has 0 bridgehead atoms. The number of nitrogens with zero attached hydrogens (tertiary/aromatic N) is 3. The molecule has 8 nitrogen and oxygen atoms in total. The number of hydrogen-bond donors (Lipinski definition) is 1. The number of carbonyl (C=O) groups is 2. The van der Waals surface area contributed by atoms with Crippen LogP contribution in [0.5, 0.6) is 5.75 Å². The Morgan fingerprint density at radius 3 is 2.64 bits per heavy atom. The van der Waals surface area contributed by atoms with Gasteiger partial charge < -0.3 is 19.3 Å². The molecule has 1 aromatic carbocycles. The second-order valence-electron chi connectivity index (χ2n) is 8.31. The van der Waals surface area contributed by atoms with Crippen LogP contribution in [0.25, 0.3) is 0 Å². The maximum absolute atomic E-state index is 13.3. The average molecular weight is 471 g/mol. The van der Waals surface area contributed by atoms with Crippen molar-refractivity contribution < 1.29 is 14.1 Å². The minimum atomic E-state index is -0.574. The Bertz CT molecular complexity index is 1090. The molecule has 5 rings (SSSR count). The summed E-state index contributed by atoms with van der Waals surface area (Å²) in [4.78, 5) is 43.4. The molecule has 0 saturated carbocycles. The third kappa shape index (κ3) is 4.30. The van der Waals surface area contributed by atoms with E-state index in [1.165, 1.54) is 12.6 Å². The molecule has 3 aliphatic heterocycles. The Labute approximate surface area is 196 Å². The number of rotatable bonds is 4. The molecule has 0 aliphatic carbocycles. The fourth-order valence-corrected chi connectivity index (χ4v) is 5.24. The van der Waals surface area contributed by atoms with E-state index in [-0.39, 0.29) is 29.1 Å². The molecule has 176 valence electrons. The van der Waals surface area contributed by atoms with Crippen molar-refractivity contribution >= 4 is 21.3 Å². The lowest BCUT2D eigenvalue weighted by molar-refractivity contribution is 0.0454. The van der Waals surface area contributed by atoms with Crippen molar-refractivity contribution in [3.63, 3.8) is 0 Å². The number of fused-ring (bicyclic) bond motifs is 4. The molecule has 1 N–H and O–H groups in total. The zero-order valence-corrected chi connectivity index (χ0v) is 20.3. The van der Waals surface area contributed by atoms with Gasteiger partial charge in [-0.3, -0.25) is 19.3 Å². The quantitative estimate of drug-likeness (QED) is 0.695. The second kappa shape index (κ2) is 10.1. The van der Waals surface area contributed by atoms with Crippen molar-refractivity contribution in [1.29, 1.82) is 0 Å². The van der Waals surface area contributed by atoms with Crippen LogP contribution < -0.4 is 15.3 Å². The van der Waals surface area contributed by atoms with E-state index in [1.807, 2.05) is 58.5 Å². The summed E-state index contributed by atoms with van der Waals surface area (Å²) in [6.07, 6.45) is 4.84. The number of piperidine rings is 1. The number of benzene rings is 1. The Morgan fingerprint density at radius 1 is 1.15 bits per heavy atom. The highest BCUT2D eigenvalue weighted by molar-refractivity contribution is 7.10. The van der Waals surface area contributed by atoms with Crippen molar-refractivity contribution in [2.75, 3.05) is 13.1 Å². The Balaban J connectivity index is 0.00000126. The van der Waals surface area contributed by atoms with Crippen LogP contribution in [0.2, 0.25) is 0 Å². The van der Waals surface area contributed by atoms with Gasteiger partial charge in [0.1, 0.15) is 11.7 Å². The van der Waals surface area contributed by atoms with Crippen LogP contribution in [0.3, 0.4) is 0 Å². The first-order valence-corrected chi connectivity index (χ1v) is 12.1. The summed E-state index contributed by atoms with van der Waals surface area (Å²) in [7, 11) is 2.04. The largest absolute Gasteiger partial charge is 0.474 e. The molecule has 2 saturated heterocycles. The topological polar surface area (TPSA) is 83.9 Å². The van der Waals surface area contributed by atoms with Gasteiger partial charge in [-0.15, -0.1) is 0 Å². The fourth-order valence-electron chi connectivity index (χ4n) is 5.02. The van der Waals surface area contributed by atoms with E-state index in [4.69, 9.17) is 4.52 Å². The molecule has 2 amide bonds. The average Bonchev–Trinajstić information content (AvgIpc) is 3.23. The highest BCUT2D eigenvalue weighted by atomic mass is 31.0. The maximum atomic E-state index is 13.3. The van der Waals surface area contributed by atoms with E-state index < -0.39 is 11.3 Å². The summed E-state index contributed by atoms with van der Waals surface area (Å²) in [5.74, 6) is -0.785. The van der Waals surface area contributed by atoms with Crippen LogP contribution >= 0.6 is 9.47 Å². The predicted molar refractivity (Wildman–Crippen MR) is 129 cm³/mol. The van der Waals surface area contributed by atoms with Crippen molar-refractivity contribution in [2.24, 2.45) is 0 Å². The zero-order chi connectivity index (χ0) is 23.5. The van der Waals surface area contributed by atoms with E-state index in [0.717, 1.165) is 24.9 Å². The summed E-state index contributed by atoms with van der Waals surface area (Å²) in [6.45, 7) is 6.46. The summed E-state index contributed by atoms with van der Waals surface area (Å²) in [6, 6.07) is 9.85. The Hall–Kier alpha value is -2.70. The van der Waals surface area contributed by atoms with Crippen molar-refractivity contribution in [3.8, 4) is 5.75 Å². The van der Waals surface area contributed by atoms with E-state index in [0.29, 0.717) is 25.7 Å². The summed E-state index contributed by atoms with van der Waals surface area (Å²) >= 11 is 0. The number of pyridine rings is 1. The van der Waals surface area contributed by atoms with Crippen LogP contribution in [-0.2, 0) is 13.1 Å². The molecule has 2 fully saturated rings. The van der Waals surface area contributed by atoms with E-state index >= 15 is 0 Å². The van der Waals surface area contributed by atoms with Gasteiger partial charge in [-0.2, -0.15) is 0 Å². The van der Waals surface area contributed by atoms with Gasteiger partial charge >= 0.3 is 0 Å². The summed E-state index contributed by atoms with van der Waals surface area (Å²) < 4.78 is 7.00. The van der Waals surface area contributed by atoms with Gasteiger partial charge in [0, 0.05) is 31.9 Å². The predicted octanol–water partition coefficient (Wildman–Crippen LogP) is 2.62. The van der Waals surface area contributed by atoms with Crippen LogP contribution in [0.1, 0.15) is 59.5 Å². The van der Waals surface area contributed by atoms with E-state index in [2.05, 4.69) is 10.2 Å². The van der Waals surface area contributed by atoms with Gasteiger partial charge in [-0.05, 0) is 18.4 Å². The van der Waals surface area contributed by atoms with Crippen LogP contribution in [-0.4, -0.2) is 51.5 Å². The van der Waals surface area contributed by atoms with Crippen LogP contribution in [0, 0.1) is 0 Å². The number of aromatic nitrogens is 1. The molecular formula is C24H31N4O4P. The monoisotopic (exact) mass is 470 g/mol. The van der Waals surface area contributed by atoms with Crippen molar-refractivity contribution in [2.45, 2.75) is 58.4 Å². The number of hydrogen-bond acceptors (Lipinski definition) is 5. The van der Waals surface area contributed by atoms with Gasteiger partial charge in [-0.25, -0.2) is 0 Å². The Morgan fingerprint density at radius 2 is 1.91 bits per heavy atom. The molecule has 4 heterocycles. The Kier molecular flexibility index (Phi) is 7.15. The smallest absolute Gasteiger partial charge is 0.275 e. The first kappa shape index (κ1) is 23.5. The summed E-state index contributed by atoms with van der Waals surface area (Å²) in [5, 5.41) is 2.80. The minimum absolute atomic E-state index is 0.0217. The van der Waals surface area contributed by atoms with Crippen LogP contribution in [0.15, 0.2) is 41.3 Å². The molecule has 1 unspecified atom stereocenters. The lowest BCUT2D eigenvalue weighted by Crippen LogP contribution is -2.51.